The van der Waals surface area contributed by atoms with Gasteiger partial charge in [-0.25, -0.2) is 9.78 Å². The number of nitrogens with zero attached hydrogens (tertiary/aromatic N) is 4. The van der Waals surface area contributed by atoms with Crippen molar-refractivity contribution < 1.29 is 19.1 Å². The first-order valence-electron chi connectivity index (χ1n) is 14.8. The van der Waals surface area contributed by atoms with Crippen molar-refractivity contribution in [2.24, 2.45) is 5.10 Å². The zero-order valence-corrected chi connectivity index (χ0v) is 26.9. The third kappa shape index (κ3) is 5.86. The van der Waals surface area contributed by atoms with Crippen LogP contribution in [0.1, 0.15) is 32.9 Å². The van der Waals surface area contributed by atoms with E-state index in [1.165, 1.54) is 4.68 Å². The molecule has 0 aliphatic heterocycles. The number of carbonyl (C=O) groups is 1. The summed E-state index contributed by atoms with van der Waals surface area (Å²) in [7, 11) is 0. The largest absolute Gasteiger partial charge is 0.489 e. The SMILES string of the molecule is Cc1cc(C=Nn2c(-c3cc4cc(Br)ccc4o3)nc3ccccc3c2=O)c(C)n1-c1ccc(OCc2ccc(C(=O)O)cc2)cc1. The number of rotatable bonds is 8. The summed E-state index contributed by atoms with van der Waals surface area (Å²) in [6.45, 7) is 4.33. The maximum Gasteiger partial charge on any atom is 0.335 e. The molecule has 1 N–H and O–H groups in total. The van der Waals surface area contributed by atoms with Crippen LogP contribution >= 0.6 is 15.9 Å². The van der Waals surface area contributed by atoms with Gasteiger partial charge in [0.05, 0.1) is 22.7 Å². The summed E-state index contributed by atoms with van der Waals surface area (Å²) >= 11 is 3.50. The molecule has 4 aromatic carbocycles. The van der Waals surface area contributed by atoms with E-state index in [-0.39, 0.29) is 11.1 Å². The van der Waals surface area contributed by atoms with Crippen LogP contribution in [0.25, 0.3) is 39.1 Å². The van der Waals surface area contributed by atoms with Gasteiger partial charge in [0.25, 0.3) is 5.56 Å². The minimum absolute atomic E-state index is 0.237. The molecule has 232 valence electrons. The standard InChI is InChI=1S/C37H27BrN4O5/c1-22-17-27(23(2)41(22)29-12-14-30(15-13-29)46-21-24-7-9-25(10-8-24)37(44)45)20-39-42-35(40-32-6-4-3-5-31(32)36(42)43)34-19-26-18-28(38)11-16-33(26)47-34/h3-20H,21H2,1-2H3,(H,44,45). The average molecular weight is 688 g/mol. The summed E-state index contributed by atoms with van der Waals surface area (Å²) in [6, 6.07) is 31.1. The molecule has 0 saturated carbocycles. The van der Waals surface area contributed by atoms with E-state index in [0.717, 1.165) is 38.1 Å². The summed E-state index contributed by atoms with van der Waals surface area (Å²) < 4.78 is 16.4. The molecule has 0 fully saturated rings. The second-order valence-corrected chi connectivity index (χ2v) is 12.0. The molecule has 0 aliphatic rings. The Labute approximate surface area is 277 Å². The highest BCUT2D eigenvalue weighted by Crippen LogP contribution is 2.29. The van der Waals surface area contributed by atoms with Crippen LogP contribution in [-0.2, 0) is 6.61 Å². The number of benzene rings is 4. The van der Waals surface area contributed by atoms with Crippen molar-refractivity contribution >= 4 is 50.0 Å². The summed E-state index contributed by atoms with van der Waals surface area (Å²) in [4.78, 5) is 29.6. The van der Waals surface area contributed by atoms with Crippen molar-refractivity contribution in [3.8, 4) is 23.0 Å². The van der Waals surface area contributed by atoms with E-state index in [1.807, 2.05) is 74.5 Å². The molecule has 0 amide bonds. The Bertz CT molecular complexity index is 2390. The summed E-state index contributed by atoms with van der Waals surface area (Å²) in [5, 5.41) is 15.1. The lowest BCUT2D eigenvalue weighted by molar-refractivity contribution is 0.0697. The number of aromatic carboxylic acids is 1. The van der Waals surface area contributed by atoms with Gasteiger partial charge in [0, 0.05) is 32.5 Å². The molecule has 7 rings (SSSR count). The van der Waals surface area contributed by atoms with Gasteiger partial charge in [-0.05, 0) is 98.3 Å². The molecule has 0 saturated heterocycles. The molecule has 0 bridgehead atoms. The predicted octanol–water partition coefficient (Wildman–Crippen LogP) is 8.14. The monoisotopic (exact) mass is 686 g/mol. The van der Waals surface area contributed by atoms with Crippen LogP contribution in [0, 0.1) is 13.8 Å². The molecule has 10 heteroatoms. The summed E-state index contributed by atoms with van der Waals surface area (Å²) in [6.07, 6.45) is 1.67. The van der Waals surface area contributed by atoms with Gasteiger partial charge in [-0.1, -0.05) is 40.2 Å². The number of halogens is 1. The first-order chi connectivity index (χ1) is 22.7. The second-order valence-electron chi connectivity index (χ2n) is 11.1. The molecular weight excluding hydrogens is 660 g/mol. The van der Waals surface area contributed by atoms with Gasteiger partial charge in [-0.3, -0.25) is 4.79 Å². The zero-order valence-electron chi connectivity index (χ0n) is 25.3. The van der Waals surface area contributed by atoms with Crippen molar-refractivity contribution in [2.75, 3.05) is 0 Å². The fourth-order valence-electron chi connectivity index (χ4n) is 5.55. The van der Waals surface area contributed by atoms with Crippen LogP contribution in [0.2, 0.25) is 0 Å². The normalized spacial score (nSPS) is 11.6. The van der Waals surface area contributed by atoms with E-state index in [4.69, 9.17) is 19.2 Å². The Morgan fingerprint density at radius 1 is 0.979 bits per heavy atom. The van der Waals surface area contributed by atoms with E-state index < -0.39 is 5.97 Å². The number of fused-ring (bicyclic) bond motifs is 2. The Morgan fingerprint density at radius 2 is 1.74 bits per heavy atom. The number of aromatic nitrogens is 3. The topological polar surface area (TPSA) is 112 Å². The van der Waals surface area contributed by atoms with E-state index in [9.17, 15) is 9.59 Å². The van der Waals surface area contributed by atoms with Gasteiger partial charge in [0.1, 0.15) is 17.9 Å². The number of hydrogen-bond acceptors (Lipinski definition) is 6. The van der Waals surface area contributed by atoms with Crippen molar-refractivity contribution in [1.82, 2.24) is 14.2 Å². The highest BCUT2D eigenvalue weighted by Gasteiger charge is 2.17. The molecule has 0 spiro atoms. The van der Waals surface area contributed by atoms with Crippen molar-refractivity contribution in [1.29, 1.82) is 0 Å². The van der Waals surface area contributed by atoms with E-state index >= 15 is 0 Å². The molecule has 7 aromatic rings. The highest BCUT2D eigenvalue weighted by molar-refractivity contribution is 9.10. The average Bonchev–Trinajstić information content (AvgIpc) is 3.62. The van der Waals surface area contributed by atoms with Crippen LogP contribution in [0.3, 0.4) is 0 Å². The number of furan rings is 1. The van der Waals surface area contributed by atoms with Gasteiger partial charge in [-0.15, -0.1) is 0 Å². The lowest BCUT2D eigenvalue weighted by Crippen LogP contribution is -2.20. The number of carboxylic acid groups (broad SMARTS) is 1. The van der Waals surface area contributed by atoms with E-state index in [1.54, 1.807) is 48.7 Å². The third-order valence-corrected chi connectivity index (χ3v) is 8.43. The van der Waals surface area contributed by atoms with Gasteiger partial charge >= 0.3 is 5.97 Å². The number of ether oxygens (including phenoxy) is 1. The van der Waals surface area contributed by atoms with Crippen molar-refractivity contribution in [3.05, 3.63) is 146 Å². The number of aryl methyl sites for hydroxylation is 1. The first-order valence-corrected chi connectivity index (χ1v) is 15.5. The summed E-state index contributed by atoms with van der Waals surface area (Å²) in [5.41, 5.74) is 5.75. The smallest absolute Gasteiger partial charge is 0.335 e. The first kappa shape index (κ1) is 29.9. The number of hydrogen-bond donors (Lipinski definition) is 1. The number of carboxylic acids is 1. The van der Waals surface area contributed by atoms with Crippen LogP contribution in [0.15, 0.2) is 122 Å². The molecule has 0 radical (unpaired) electrons. The van der Waals surface area contributed by atoms with Gasteiger partial charge in [0.15, 0.2) is 5.76 Å². The second kappa shape index (κ2) is 12.2. The fraction of sp³-hybridized carbons (Fsp3) is 0.0811. The molecule has 9 nitrogen and oxygen atoms in total. The molecule has 0 aliphatic carbocycles. The van der Waals surface area contributed by atoms with Crippen LogP contribution in [0.4, 0.5) is 0 Å². The molecule has 3 aromatic heterocycles. The lowest BCUT2D eigenvalue weighted by atomic mass is 10.1. The maximum atomic E-state index is 13.7. The minimum Gasteiger partial charge on any atom is -0.489 e. The number of para-hydroxylation sites is 1. The third-order valence-electron chi connectivity index (χ3n) is 7.94. The Hall–Kier alpha value is -5.74. The highest BCUT2D eigenvalue weighted by atomic mass is 79.9. The quantitative estimate of drug-likeness (QED) is 0.162. The molecule has 47 heavy (non-hydrogen) atoms. The Morgan fingerprint density at radius 3 is 2.51 bits per heavy atom. The molecular formula is C37H27BrN4O5. The van der Waals surface area contributed by atoms with Crippen LogP contribution in [-0.4, -0.2) is 31.5 Å². The minimum atomic E-state index is -0.959. The van der Waals surface area contributed by atoms with Gasteiger partial charge in [0.2, 0.25) is 5.82 Å². The van der Waals surface area contributed by atoms with Crippen molar-refractivity contribution in [3.63, 3.8) is 0 Å². The van der Waals surface area contributed by atoms with Crippen LogP contribution < -0.4 is 10.3 Å². The van der Waals surface area contributed by atoms with Crippen LogP contribution in [0.5, 0.6) is 5.75 Å². The molecule has 3 heterocycles. The molecule has 0 unspecified atom stereocenters. The predicted molar refractivity (Wildman–Crippen MR) is 185 cm³/mol. The molecule has 0 atom stereocenters. The van der Waals surface area contributed by atoms with Crippen molar-refractivity contribution in [2.45, 2.75) is 20.5 Å². The zero-order chi connectivity index (χ0) is 32.7. The Kier molecular flexibility index (Phi) is 7.79. The Balaban J connectivity index is 1.18. The lowest BCUT2D eigenvalue weighted by Gasteiger charge is -2.12. The maximum absolute atomic E-state index is 13.7. The van der Waals surface area contributed by atoms with Gasteiger partial charge in [-0.2, -0.15) is 9.78 Å². The summed E-state index contributed by atoms with van der Waals surface area (Å²) in [5.74, 6) is 0.468. The van der Waals surface area contributed by atoms with Gasteiger partial charge < -0.3 is 18.8 Å². The van der Waals surface area contributed by atoms with E-state index in [0.29, 0.717) is 40.4 Å². The van der Waals surface area contributed by atoms with E-state index in [2.05, 4.69) is 25.6 Å². The fourth-order valence-corrected chi connectivity index (χ4v) is 5.93.